The monoisotopic (exact) mass is 357 g/mol. The van der Waals surface area contributed by atoms with Crippen molar-refractivity contribution in [1.82, 2.24) is 9.78 Å². The van der Waals surface area contributed by atoms with E-state index in [0.717, 1.165) is 5.69 Å². The molecule has 136 valence electrons. The van der Waals surface area contributed by atoms with E-state index in [2.05, 4.69) is 5.10 Å². The van der Waals surface area contributed by atoms with Gasteiger partial charge < -0.3 is 9.47 Å². The number of benzene rings is 1. The molecule has 26 heavy (non-hydrogen) atoms. The molecule has 7 heteroatoms. The Kier molecular flexibility index (Phi) is 6.26. The molecule has 1 aromatic heterocycles. The Bertz CT molecular complexity index is 863. The lowest BCUT2D eigenvalue weighted by Crippen LogP contribution is -2.20. The summed E-state index contributed by atoms with van der Waals surface area (Å²) in [6.07, 6.45) is 0.993. The maximum Gasteiger partial charge on any atom is 0.349 e. The average Bonchev–Trinajstić information content (AvgIpc) is 2.87. The zero-order valence-corrected chi connectivity index (χ0v) is 15.1. The van der Waals surface area contributed by atoms with Gasteiger partial charge in [-0.15, -0.1) is 0 Å². The van der Waals surface area contributed by atoms with Gasteiger partial charge in [-0.2, -0.15) is 10.4 Å². The zero-order chi connectivity index (χ0) is 19.3. The van der Waals surface area contributed by atoms with E-state index >= 15 is 0 Å². The highest BCUT2D eigenvalue weighted by molar-refractivity contribution is 5.98. The SMILES string of the molecule is COC[C@@H](C)OC(=O)/C(C#N)=C/c1c(C)nn(-c2ccc(F)cc2)c1C. The Balaban J connectivity index is 2.35. The molecule has 1 aromatic carbocycles. The zero-order valence-electron chi connectivity index (χ0n) is 15.1. The van der Waals surface area contributed by atoms with Gasteiger partial charge in [0, 0.05) is 18.4 Å². The second kappa shape index (κ2) is 8.41. The van der Waals surface area contributed by atoms with Crippen LogP contribution in [0, 0.1) is 31.0 Å². The second-order valence-corrected chi connectivity index (χ2v) is 5.81. The standard InChI is InChI=1S/C19H20FN3O3/c1-12(11-25-4)26-19(24)15(10-21)9-18-13(2)22-23(14(18)3)17-7-5-16(20)6-8-17/h5-9,12H,11H2,1-4H3/b15-9+/t12-/m1/s1. The van der Waals surface area contributed by atoms with E-state index in [1.807, 2.05) is 13.0 Å². The molecule has 2 aromatic rings. The van der Waals surface area contributed by atoms with Gasteiger partial charge in [-0.3, -0.25) is 0 Å². The minimum Gasteiger partial charge on any atom is -0.456 e. The molecule has 0 N–H and O–H groups in total. The number of hydrogen-bond acceptors (Lipinski definition) is 5. The number of esters is 1. The van der Waals surface area contributed by atoms with E-state index in [4.69, 9.17) is 9.47 Å². The Morgan fingerprint density at radius 2 is 2.04 bits per heavy atom. The van der Waals surface area contributed by atoms with Crippen molar-refractivity contribution in [1.29, 1.82) is 5.26 Å². The van der Waals surface area contributed by atoms with Crippen LogP contribution in [0.5, 0.6) is 0 Å². The number of carbonyl (C=O) groups excluding carboxylic acids is 1. The molecule has 0 saturated carbocycles. The smallest absolute Gasteiger partial charge is 0.349 e. The largest absolute Gasteiger partial charge is 0.456 e. The lowest BCUT2D eigenvalue weighted by molar-refractivity contribution is -0.145. The van der Waals surface area contributed by atoms with Gasteiger partial charge in [0.25, 0.3) is 0 Å². The molecule has 0 spiro atoms. The van der Waals surface area contributed by atoms with Gasteiger partial charge in [-0.05, 0) is 51.1 Å². The quantitative estimate of drug-likeness (QED) is 0.451. The van der Waals surface area contributed by atoms with Crippen molar-refractivity contribution in [2.75, 3.05) is 13.7 Å². The van der Waals surface area contributed by atoms with Crippen LogP contribution < -0.4 is 0 Å². The van der Waals surface area contributed by atoms with Crippen LogP contribution in [0.1, 0.15) is 23.9 Å². The average molecular weight is 357 g/mol. The lowest BCUT2D eigenvalue weighted by Gasteiger charge is -2.11. The summed E-state index contributed by atoms with van der Waals surface area (Å²) in [5.41, 5.74) is 2.55. The molecule has 6 nitrogen and oxygen atoms in total. The number of carbonyl (C=O) groups is 1. The Morgan fingerprint density at radius 1 is 1.38 bits per heavy atom. The molecule has 0 bridgehead atoms. The number of rotatable bonds is 6. The number of nitrogens with zero attached hydrogens (tertiary/aromatic N) is 3. The molecule has 0 aliphatic carbocycles. The molecule has 1 heterocycles. The third kappa shape index (κ3) is 4.35. The van der Waals surface area contributed by atoms with Gasteiger partial charge in [-0.1, -0.05) is 0 Å². The molecule has 2 rings (SSSR count). The van der Waals surface area contributed by atoms with Crippen LogP contribution in [0.15, 0.2) is 29.8 Å². The van der Waals surface area contributed by atoms with Crippen LogP contribution in [-0.2, 0) is 14.3 Å². The van der Waals surface area contributed by atoms with Crippen LogP contribution in [0.25, 0.3) is 11.8 Å². The van der Waals surface area contributed by atoms with Gasteiger partial charge in [0.2, 0.25) is 0 Å². The van der Waals surface area contributed by atoms with Crippen LogP contribution in [0.4, 0.5) is 4.39 Å². The summed E-state index contributed by atoms with van der Waals surface area (Å²) in [6.45, 7) is 5.50. The first-order valence-corrected chi connectivity index (χ1v) is 8.01. The van der Waals surface area contributed by atoms with Crippen LogP contribution >= 0.6 is 0 Å². The number of halogens is 1. The summed E-state index contributed by atoms with van der Waals surface area (Å²) in [4.78, 5) is 12.2. The topological polar surface area (TPSA) is 77.1 Å². The fourth-order valence-corrected chi connectivity index (χ4v) is 2.49. The summed E-state index contributed by atoms with van der Waals surface area (Å²) >= 11 is 0. The summed E-state index contributed by atoms with van der Waals surface area (Å²) in [5.74, 6) is -1.06. The van der Waals surface area contributed by atoms with E-state index < -0.39 is 12.1 Å². The van der Waals surface area contributed by atoms with E-state index in [9.17, 15) is 14.4 Å². The Labute approximate surface area is 151 Å². The van der Waals surface area contributed by atoms with Crippen molar-refractivity contribution in [2.45, 2.75) is 26.9 Å². The van der Waals surface area contributed by atoms with Crippen molar-refractivity contribution in [2.24, 2.45) is 0 Å². The molecule has 0 radical (unpaired) electrons. The highest BCUT2D eigenvalue weighted by Gasteiger charge is 2.18. The molecule has 1 atom stereocenters. The van der Waals surface area contributed by atoms with Gasteiger partial charge >= 0.3 is 5.97 Å². The first kappa shape index (κ1) is 19.3. The van der Waals surface area contributed by atoms with Crippen LogP contribution in [0.3, 0.4) is 0 Å². The predicted octanol–water partition coefficient (Wildman–Crippen LogP) is 3.11. The van der Waals surface area contributed by atoms with Crippen molar-refractivity contribution < 1.29 is 18.7 Å². The molecular formula is C19H20FN3O3. The normalized spacial score (nSPS) is 12.5. The van der Waals surface area contributed by atoms with Gasteiger partial charge in [0.1, 0.15) is 23.6 Å². The maximum absolute atomic E-state index is 13.1. The van der Waals surface area contributed by atoms with Gasteiger partial charge in [-0.25, -0.2) is 13.9 Å². The van der Waals surface area contributed by atoms with E-state index in [0.29, 0.717) is 16.9 Å². The van der Waals surface area contributed by atoms with Crippen molar-refractivity contribution in [3.05, 3.63) is 52.6 Å². The maximum atomic E-state index is 13.1. The van der Waals surface area contributed by atoms with Crippen LogP contribution in [-0.4, -0.2) is 35.6 Å². The summed E-state index contributed by atoms with van der Waals surface area (Å²) in [7, 11) is 1.50. The summed E-state index contributed by atoms with van der Waals surface area (Å²) in [5, 5.41) is 13.7. The number of aromatic nitrogens is 2. The molecule has 0 aliphatic rings. The lowest BCUT2D eigenvalue weighted by atomic mass is 10.1. The molecule has 0 saturated heterocycles. The van der Waals surface area contributed by atoms with E-state index in [1.165, 1.54) is 25.3 Å². The minimum absolute atomic E-state index is 0.127. The second-order valence-electron chi connectivity index (χ2n) is 5.81. The predicted molar refractivity (Wildman–Crippen MR) is 94.0 cm³/mol. The van der Waals surface area contributed by atoms with Crippen LogP contribution in [0.2, 0.25) is 0 Å². The molecular weight excluding hydrogens is 337 g/mol. The molecule has 0 amide bonds. The fourth-order valence-electron chi connectivity index (χ4n) is 2.49. The molecule has 0 fully saturated rings. The Morgan fingerprint density at radius 3 is 2.62 bits per heavy atom. The molecule has 0 aliphatic heterocycles. The number of aryl methyl sites for hydroxylation is 1. The van der Waals surface area contributed by atoms with Crippen molar-refractivity contribution >= 4 is 12.0 Å². The highest BCUT2D eigenvalue weighted by Crippen LogP contribution is 2.21. The first-order chi connectivity index (χ1) is 12.4. The van der Waals surface area contributed by atoms with E-state index in [-0.39, 0.29) is 18.0 Å². The third-order valence-electron chi connectivity index (χ3n) is 3.76. The number of ether oxygens (including phenoxy) is 2. The minimum atomic E-state index is -0.717. The number of nitriles is 1. The van der Waals surface area contributed by atoms with Gasteiger partial charge in [0.05, 0.1) is 18.0 Å². The number of methoxy groups -OCH3 is 1. The van der Waals surface area contributed by atoms with Crippen molar-refractivity contribution in [3.63, 3.8) is 0 Å². The summed E-state index contributed by atoms with van der Waals surface area (Å²) < 4.78 is 24.8. The number of hydrogen-bond donors (Lipinski definition) is 0. The Hall–Kier alpha value is -2.98. The van der Waals surface area contributed by atoms with Gasteiger partial charge in [0.15, 0.2) is 0 Å². The highest BCUT2D eigenvalue weighted by atomic mass is 19.1. The fraction of sp³-hybridized carbons (Fsp3) is 0.316. The van der Waals surface area contributed by atoms with E-state index in [1.54, 1.807) is 30.7 Å². The summed E-state index contributed by atoms with van der Waals surface area (Å²) in [6, 6.07) is 7.77. The third-order valence-corrected chi connectivity index (χ3v) is 3.76. The molecule has 0 unspecified atom stereocenters. The van der Waals surface area contributed by atoms with Crippen molar-refractivity contribution in [3.8, 4) is 11.8 Å². The first-order valence-electron chi connectivity index (χ1n) is 8.01.